The van der Waals surface area contributed by atoms with Gasteiger partial charge in [0.15, 0.2) is 11.1 Å². The molecule has 620 valence electrons. The summed E-state index contributed by atoms with van der Waals surface area (Å²) in [6.45, 7) is 4.30. The molecule has 9 heteroatoms. The highest BCUT2D eigenvalue weighted by molar-refractivity contribution is 6.25. The summed E-state index contributed by atoms with van der Waals surface area (Å²) in [6.07, 6.45) is 1.79. The van der Waals surface area contributed by atoms with Gasteiger partial charge in [0.25, 0.3) is 0 Å². The molecule has 0 saturated heterocycles. The second kappa shape index (κ2) is 33.6. The van der Waals surface area contributed by atoms with Crippen molar-refractivity contribution in [1.82, 2.24) is 24.1 Å². The number of imidazole rings is 2. The molecule has 1 aliphatic rings. The maximum absolute atomic E-state index is 12.9. The van der Waals surface area contributed by atoms with Crippen molar-refractivity contribution in [3.05, 3.63) is 476 Å². The first kappa shape index (κ1) is 78.6. The lowest BCUT2D eigenvalue weighted by Crippen LogP contribution is -2.21. The van der Waals surface area contributed by atoms with Crippen molar-refractivity contribution < 1.29 is 13.3 Å². The maximum Gasteiger partial charge on any atom is 0.196 e. The van der Waals surface area contributed by atoms with Crippen LogP contribution in [0.15, 0.2) is 473 Å². The molecule has 25 aromatic rings. The number of hydrogen-bond donors (Lipinski definition) is 0. The Kier molecular flexibility index (Phi) is 20.2. The molecule has 9 nitrogen and oxygen atoms in total. The lowest BCUT2D eigenvalue weighted by atomic mass is 9.75. The van der Waals surface area contributed by atoms with Gasteiger partial charge in [0.2, 0.25) is 0 Å². The quantitative estimate of drug-likeness (QED) is 0.0992. The minimum atomic E-state index is 0.112. The van der Waals surface area contributed by atoms with Crippen molar-refractivity contribution in [3.8, 4) is 113 Å². The number of furan rings is 2. The van der Waals surface area contributed by atoms with E-state index in [0.29, 0.717) is 16.9 Å². The highest BCUT2D eigenvalue weighted by Gasteiger charge is 2.33. The second-order valence-corrected chi connectivity index (χ2v) is 33.5. The number of rotatable bonds is 10. The first-order chi connectivity index (χ1) is 64.8. The fourth-order valence-corrected chi connectivity index (χ4v) is 19.4. The van der Waals surface area contributed by atoms with Gasteiger partial charge in [-0.2, -0.15) is 0 Å². The summed E-state index contributed by atoms with van der Waals surface area (Å²) in [4.78, 5) is 27.8. The van der Waals surface area contributed by atoms with Crippen molar-refractivity contribution in [2.45, 2.75) is 25.7 Å². The SMILES string of the molecule is CC1c2ccccc2-c2oc3ccccc3c(=O)c2C1C.c1ccc(-c2ccc(-n3c(-c4ccc5ccccc5c4)nc4ncccc43)cc2)cc1.c1ccc(-c2oc3cc(-c4ccc5c(-c6ccccc6)c(-c6ccccc6)oc5c4)ccc3c2-c2ccccc2)cc1.c1ccc(-n2c(-c3c4ccccc4cc4ccccc34)nc3c4ccccc4c4ccccc4c32)cc1. The Morgan fingerprint density at radius 2 is 0.710 bits per heavy atom. The molecule has 19 aromatic carbocycles. The van der Waals surface area contributed by atoms with Crippen LogP contribution in [-0.2, 0) is 0 Å². The number of nitrogens with zero attached hydrogens (tertiary/aromatic N) is 5. The molecule has 131 heavy (non-hydrogen) atoms. The number of hydrogen-bond acceptors (Lipinski definition) is 7. The molecule has 0 saturated carbocycles. The van der Waals surface area contributed by atoms with E-state index in [9.17, 15) is 4.79 Å². The average Bonchev–Trinajstić information content (AvgIpc) is 1.54. The van der Waals surface area contributed by atoms with Gasteiger partial charge in [0.05, 0.1) is 21.9 Å². The van der Waals surface area contributed by atoms with E-state index < -0.39 is 0 Å². The van der Waals surface area contributed by atoms with E-state index >= 15 is 0 Å². The third kappa shape index (κ3) is 14.3. The molecule has 0 spiro atoms. The molecule has 26 rings (SSSR count). The molecule has 6 aromatic heterocycles. The Morgan fingerprint density at radius 1 is 0.267 bits per heavy atom. The van der Waals surface area contributed by atoms with Gasteiger partial charge in [-0.1, -0.05) is 378 Å². The summed E-state index contributed by atoms with van der Waals surface area (Å²) in [7, 11) is 0. The van der Waals surface area contributed by atoms with Crippen molar-refractivity contribution in [2.24, 2.45) is 0 Å². The van der Waals surface area contributed by atoms with Crippen LogP contribution in [0.25, 0.3) is 222 Å². The van der Waals surface area contributed by atoms with Crippen LogP contribution in [0.5, 0.6) is 0 Å². The first-order valence-electron chi connectivity index (χ1n) is 44.5. The van der Waals surface area contributed by atoms with Crippen LogP contribution >= 0.6 is 0 Å². The molecule has 0 fully saturated rings. The van der Waals surface area contributed by atoms with Gasteiger partial charge in [0, 0.05) is 83.6 Å². The third-order valence-electron chi connectivity index (χ3n) is 25.9. The van der Waals surface area contributed by atoms with Gasteiger partial charge < -0.3 is 13.3 Å². The van der Waals surface area contributed by atoms with E-state index in [4.69, 9.17) is 23.2 Å². The molecular formula is C122H83N5O4. The van der Waals surface area contributed by atoms with Crippen LogP contribution in [0, 0.1) is 0 Å². The zero-order chi connectivity index (χ0) is 87.4. The van der Waals surface area contributed by atoms with Crippen molar-refractivity contribution in [3.63, 3.8) is 0 Å². The highest BCUT2D eigenvalue weighted by Crippen LogP contribution is 2.50. The lowest BCUT2D eigenvalue weighted by Gasteiger charge is -2.29. The standard InChI is InChI=1S/C40H26O2.C35H22N2.C28H19N3.C19H16O2/c1-5-13-27(14-6-1)37-33-23-21-31(25-35(33)41-39(37)29-17-9-3-10-18-29)32-22-24-34-36(26-32)42-40(30-19-11-4-12-20-30)38(34)28-15-7-2-8-16-28;1-2-14-25(15-3-1)37-34-31-21-11-9-19-29(31)28-18-8-10-20-30(28)33(34)36-35(37)32-26-16-6-4-12-23(26)22-24-13-5-7-17-27(24)32;1-2-7-20(8-3-1)22-14-16-25(17-15-22)31-26-11-6-18-29-27(26)30-28(31)24-13-12-21-9-4-5-10-23(21)19-24;1-11-12(2)17-18(20)15-9-5-6-10-16(15)21-19(17)14-8-4-3-7-13(11)14/h1-26H;1-22H;1-19H;3-12H,1-2H3. The van der Waals surface area contributed by atoms with Crippen LogP contribution in [-0.4, -0.2) is 24.1 Å². The number of benzene rings is 19. The molecule has 2 atom stereocenters. The van der Waals surface area contributed by atoms with Crippen LogP contribution in [0.2, 0.25) is 0 Å². The molecule has 6 heterocycles. The third-order valence-corrected chi connectivity index (χ3v) is 25.9. The summed E-state index contributed by atoms with van der Waals surface area (Å²) in [5, 5.41) is 15.0. The summed E-state index contributed by atoms with van der Waals surface area (Å²) >= 11 is 0. The average molecular weight is 1680 g/mol. The molecule has 0 radical (unpaired) electrons. The van der Waals surface area contributed by atoms with Gasteiger partial charge in [-0.05, 0) is 179 Å². The largest absolute Gasteiger partial charge is 0.456 e. The van der Waals surface area contributed by atoms with E-state index in [1.54, 1.807) is 6.20 Å². The van der Waals surface area contributed by atoms with Crippen LogP contribution in [0.1, 0.15) is 36.8 Å². The van der Waals surface area contributed by atoms with E-state index in [1.807, 2.05) is 78.9 Å². The highest BCUT2D eigenvalue weighted by atomic mass is 16.3. The Balaban J connectivity index is 0.000000102. The number of aromatic nitrogens is 5. The summed E-state index contributed by atoms with van der Waals surface area (Å²) in [6, 6.07) is 156. The Hall–Kier alpha value is -17.1. The summed E-state index contributed by atoms with van der Waals surface area (Å²) in [5.41, 5.74) is 25.2. The zero-order valence-corrected chi connectivity index (χ0v) is 71.8. The van der Waals surface area contributed by atoms with Crippen LogP contribution in [0.3, 0.4) is 0 Å². The molecule has 0 aliphatic heterocycles. The predicted molar refractivity (Wildman–Crippen MR) is 542 cm³/mol. The Bertz CT molecular complexity index is 8490. The first-order valence-corrected chi connectivity index (χ1v) is 44.5. The molecular weight excluding hydrogens is 1600 g/mol. The van der Waals surface area contributed by atoms with Gasteiger partial charge in [-0.15, -0.1) is 0 Å². The Labute approximate surface area is 756 Å². The van der Waals surface area contributed by atoms with Crippen LogP contribution in [0.4, 0.5) is 0 Å². The van der Waals surface area contributed by atoms with Gasteiger partial charge in [-0.3, -0.25) is 13.9 Å². The molecule has 0 bridgehead atoms. The molecule has 0 amide bonds. The number of para-hydroxylation sites is 2. The smallest absolute Gasteiger partial charge is 0.196 e. The minimum absolute atomic E-state index is 0.112. The Morgan fingerprint density at radius 3 is 1.31 bits per heavy atom. The van der Waals surface area contributed by atoms with Gasteiger partial charge in [-0.25, -0.2) is 15.0 Å². The molecule has 0 N–H and O–H groups in total. The van der Waals surface area contributed by atoms with E-state index in [1.165, 1.54) is 76.1 Å². The normalized spacial score (nSPS) is 12.8. The van der Waals surface area contributed by atoms with E-state index in [0.717, 1.165) is 146 Å². The van der Waals surface area contributed by atoms with Crippen molar-refractivity contribution in [1.29, 1.82) is 0 Å². The monoisotopic (exact) mass is 1680 g/mol. The zero-order valence-electron chi connectivity index (χ0n) is 71.8. The fourth-order valence-electron chi connectivity index (χ4n) is 19.4. The summed E-state index contributed by atoms with van der Waals surface area (Å²) in [5.74, 6) is 4.86. The van der Waals surface area contributed by atoms with Crippen molar-refractivity contribution in [2.75, 3.05) is 0 Å². The van der Waals surface area contributed by atoms with Crippen molar-refractivity contribution >= 4 is 109 Å². The van der Waals surface area contributed by atoms with Crippen LogP contribution < -0.4 is 5.43 Å². The van der Waals surface area contributed by atoms with E-state index in [2.05, 4.69) is 398 Å². The van der Waals surface area contributed by atoms with Gasteiger partial charge in [0.1, 0.15) is 45.7 Å². The number of pyridine rings is 1. The fraction of sp³-hybridized carbons (Fsp3) is 0.0328. The summed E-state index contributed by atoms with van der Waals surface area (Å²) < 4.78 is 23.9. The topological polar surface area (TPSA) is 105 Å². The predicted octanol–water partition coefficient (Wildman–Crippen LogP) is 32.4. The molecule has 1 aliphatic carbocycles. The number of fused-ring (bicyclic) bond motifs is 16. The minimum Gasteiger partial charge on any atom is -0.456 e. The maximum atomic E-state index is 12.9. The van der Waals surface area contributed by atoms with Gasteiger partial charge >= 0.3 is 0 Å². The molecule has 2 unspecified atom stereocenters. The van der Waals surface area contributed by atoms with E-state index in [-0.39, 0.29) is 11.3 Å². The second-order valence-electron chi connectivity index (χ2n) is 33.5. The lowest BCUT2D eigenvalue weighted by molar-refractivity contribution is 0.550.